The molecule has 0 aromatic rings. The molecule has 1 unspecified atom stereocenters. The minimum Gasteiger partial charge on any atom is -0.301 e. The molecule has 1 heteroatoms. The molecule has 0 amide bonds. The fraction of sp³-hybridized carbons (Fsp3) is 1.00. The molecule has 0 aliphatic rings. The molecule has 1 nitrogen and oxygen atoms in total. The van der Waals surface area contributed by atoms with Crippen molar-refractivity contribution in [1.82, 2.24) is 4.90 Å². The van der Waals surface area contributed by atoms with E-state index in [0.29, 0.717) is 0 Å². The first-order chi connectivity index (χ1) is 7.26. The summed E-state index contributed by atoms with van der Waals surface area (Å²) in [5, 5.41) is 0. The topological polar surface area (TPSA) is 3.24 Å². The largest absolute Gasteiger partial charge is 0.301 e. The van der Waals surface area contributed by atoms with E-state index in [1.165, 1.54) is 58.0 Å². The van der Waals surface area contributed by atoms with Gasteiger partial charge < -0.3 is 4.90 Å². The fourth-order valence-corrected chi connectivity index (χ4v) is 2.25. The van der Waals surface area contributed by atoms with E-state index in [2.05, 4.69) is 32.6 Å². The van der Waals surface area contributed by atoms with E-state index in [1.807, 2.05) is 0 Å². The summed E-state index contributed by atoms with van der Waals surface area (Å²) in [5.74, 6) is 0. The Bertz CT molecular complexity index is 119. The van der Waals surface area contributed by atoms with Crippen molar-refractivity contribution in [3.05, 3.63) is 0 Å². The van der Waals surface area contributed by atoms with Crippen molar-refractivity contribution < 1.29 is 0 Å². The summed E-state index contributed by atoms with van der Waals surface area (Å²) in [6.07, 6.45) is 9.90. The smallest absolute Gasteiger partial charge is 0.00666 e. The Labute approximate surface area is 97.2 Å². The number of rotatable bonds is 10. The summed E-state index contributed by atoms with van der Waals surface area (Å²) in [6, 6.07) is 0.783. The number of hydrogen-bond donors (Lipinski definition) is 0. The Kier molecular flexibility index (Phi) is 10.4. The van der Waals surface area contributed by atoms with Gasteiger partial charge in [-0.2, -0.15) is 0 Å². The maximum absolute atomic E-state index is 2.56. The van der Waals surface area contributed by atoms with E-state index in [-0.39, 0.29) is 0 Å². The van der Waals surface area contributed by atoms with Gasteiger partial charge in [-0.15, -0.1) is 0 Å². The van der Waals surface area contributed by atoms with Crippen molar-refractivity contribution in [3.8, 4) is 0 Å². The van der Waals surface area contributed by atoms with Crippen molar-refractivity contribution in [2.24, 2.45) is 0 Å². The molecular formula is C14H31N. The van der Waals surface area contributed by atoms with Gasteiger partial charge >= 0.3 is 0 Å². The molecule has 0 heterocycles. The summed E-state index contributed by atoms with van der Waals surface area (Å²) < 4.78 is 0. The van der Waals surface area contributed by atoms with Crippen LogP contribution in [0.1, 0.15) is 72.6 Å². The highest BCUT2D eigenvalue weighted by Gasteiger charge is 2.08. The SMILES string of the molecule is CCCCCCCCC(C)N(CC)CC. The van der Waals surface area contributed by atoms with Crippen LogP contribution in [0, 0.1) is 0 Å². The first-order valence-electron chi connectivity index (χ1n) is 7.00. The van der Waals surface area contributed by atoms with Crippen LogP contribution < -0.4 is 0 Å². The Morgan fingerprint density at radius 1 is 0.800 bits per heavy atom. The van der Waals surface area contributed by atoms with Crippen LogP contribution in [0.15, 0.2) is 0 Å². The van der Waals surface area contributed by atoms with Crippen molar-refractivity contribution >= 4 is 0 Å². The van der Waals surface area contributed by atoms with Crippen molar-refractivity contribution in [3.63, 3.8) is 0 Å². The van der Waals surface area contributed by atoms with Gasteiger partial charge in [0.1, 0.15) is 0 Å². The van der Waals surface area contributed by atoms with Crippen molar-refractivity contribution in [1.29, 1.82) is 0 Å². The third kappa shape index (κ3) is 7.84. The molecule has 0 aliphatic heterocycles. The van der Waals surface area contributed by atoms with Crippen molar-refractivity contribution in [2.45, 2.75) is 78.7 Å². The summed E-state index contributed by atoms with van der Waals surface area (Å²) in [5.41, 5.74) is 0. The van der Waals surface area contributed by atoms with Crippen LogP contribution in [0.4, 0.5) is 0 Å². The van der Waals surface area contributed by atoms with Gasteiger partial charge in [-0.05, 0) is 26.4 Å². The predicted octanol–water partition coefficient (Wildman–Crippen LogP) is 4.47. The predicted molar refractivity (Wildman–Crippen MR) is 70.4 cm³/mol. The Morgan fingerprint density at radius 3 is 1.87 bits per heavy atom. The third-order valence-corrected chi connectivity index (χ3v) is 3.41. The molecule has 0 saturated heterocycles. The van der Waals surface area contributed by atoms with Gasteiger partial charge in [0.2, 0.25) is 0 Å². The van der Waals surface area contributed by atoms with Crippen LogP contribution in [-0.4, -0.2) is 24.0 Å². The lowest BCUT2D eigenvalue weighted by molar-refractivity contribution is 0.217. The van der Waals surface area contributed by atoms with Gasteiger partial charge in [-0.1, -0.05) is 59.3 Å². The fourth-order valence-electron chi connectivity index (χ4n) is 2.25. The highest BCUT2D eigenvalue weighted by atomic mass is 15.1. The second-order valence-corrected chi connectivity index (χ2v) is 4.63. The van der Waals surface area contributed by atoms with Crippen LogP contribution in [0.5, 0.6) is 0 Å². The standard InChI is InChI=1S/C14H31N/c1-5-8-9-10-11-12-13-14(4)15(6-2)7-3/h14H,5-13H2,1-4H3. The van der Waals surface area contributed by atoms with Gasteiger partial charge in [-0.25, -0.2) is 0 Å². The van der Waals surface area contributed by atoms with Gasteiger partial charge in [0.05, 0.1) is 0 Å². The Balaban J connectivity index is 3.33. The van der Waals surface area contributed by atoms with Crippen LogP contribution in [-0.2, 0) is 0 Å². The molecule has 0 bridgehead atoms. The zero-order valence-corrected chi connectivity index (χ0v) is 11.4. The highest BCUT2D eigenvalue weighted by molar-refractivity contribution is 4.64. The minimum absolute atomic E-state index is 0.783. The first kappa shape index (κ1) is 15.0. The molecule has 15 heavy (non-hydrogen) atoms. The third-order valence-electron chi connectivity index (χ3n) is 3.41. The second kappa shape index (κ2) is 10.5. The quantitative estimate of drug-likeness (QED) is 0.484. The monoisotopic (exact) mass is 213 g/mol. The molecule has 0 aromatic carbocycles. The zero-order chi connectivity index (χ0) is 11.5. The first-order valence-corrected chi connectivity index (χ1v) is 7.00. The normalized spacial score (nSPS) is 13.4. The highest BCUT2D eigenvalue weighted by Crippen LogP contribution is 2.11. The molecule has 0 radical (unpaired) electrons. The van der Waals surface area contributed by atoms with E-state index in [4.69, 9.17) is 0 Å². The average molecular weight is 213 g/mol. The molecule has 0 aromatic heterocycles. The van der Waals surface area contributed by atoms with Crippen LogP contribution in [0.25, 0.3) is 0 Å². The summed E-state index contributed by atoms with van der Waals surface area (Å²) >= 11 is 0. The lowest BCUT2D eigenvalue weighted by Gasteiger charge is -2.26. The molecule has 92 valence electrons. The van der Waals surface area contributed by atoms with Gasteiger partial charge in [-0.3, -0.25) is 0 Å². The maximum atomic E-state index is 2.56. The lowest BCUT2D eigenvalue weighted by Crippen LogP contribution is -2.32. The van der Waals surface area contributed by atoms with Gasteiger partial charge in [0, 0.05) is 6.04 Å². The van der Waals surface area contributed by atoms with Crippen molar-refractivity contribution in [2.75, 3.05) is 13.1 Å². The zero-order valence-electron chi connectivity index (χ0n) is 11.4. The Morgan fingerprint density at radius 2 is 1.33 bits per heavy atom. The number of nitrogens with zero attached hydrogens (tertiary/aromatic N) is 1. The molecule has 0 aliphatic carbocycles. The maximum Gasteiger partial charge on any atom is 0.00666 e. The molecular weight excluding hydrogens is 182 g/mol. The summed E-state index contributed by atoms with van der Waals surface area (Å²) in [4.78, 5) is 2.56. The van der Waals surface area contributed by atoms with E-state index in [1.54, 1.807) is 0 Å². The van der Waals surface area contributed by atoms with Crippen LogP contribution >= 0.6 is 0 Å². The van der Waals surface area contributed by atoms with E-state index in [0.717, 1.165) is 6.04 Å². The minimum atomic E-state index is 0.783. The van der Waals surface area contributed by atoms with E-state index >= 15 is 0 Å². The lowest BCUT2D eigenvalue weighted by atomic mass is 10.1. The Hall–Kier alpha value is -0.0400. The van der Waals surface area contributed by atoms with Crippen LogP contribution in [0.2, 0.25) is 0 Å². The number of hydrogen-bond acceptors (Lipinski definition) is 1. The molecule has 0 rings (SSSR count). The second-order valence-electron chi connectivity index (χ2n) is 4.63. The molecule has 1 atom stereocenters. The molecule has 0 fully saturated rings. The average Bonchev–Trinajstić information content (AvgIpc) is 2.25. The van der Waals surface area contributed by atoms with Crippen LogP contribution in [0.3, 0.4) is 0 Å². The van der Waals surface area contributed by atoms with E-state index < -0.39 is 0 Å². The summed E-state index contributed by atoms with van der Waals surface area (Å²) in [7, 11) is 0. The number of unbranched alkanes of at least 4 members (excludes halogenated alkanes) is 5. The van der Waals surface area contributed by atoms with E-state index in [9.17, 15) is 0 Å². The molecule has 0 saturated carbocycles. The molecule has 0 spiro atoms. The van der Waals surface area contributed by atoms with Gasteiger partial charge in [0.25, 0.3) is 0 Å². The molecule has 0 N–H and O–H groups in total. The summed E-state index contributed by atoms with van der Waals surface area (Å²) in [6.45, 7) is 11.6. The van der Waals surface area contributed by atoms with Gasteiger partial charge in [0.15, 0.2) is 0 Å².